The van der Waals surface area contributed by atoms with E-state index >= 15 is 0 Å². The van der Waals surface area contributed by atoms with Crippen molar-refractivity contribution in [2.45, 2.75) is 47.1 Å². The number of benzene rings is 2. The molecule has 0 spiro atoms. The van der Waals surface area contributed by atoms with Crippen molar-refractivity contribution in [1.82, 2.24) is 0 Å². The second-order valence-corrected chi connectivity index (χ2v) is 6.14. The number of nitrogens with two attached hydrogens (primary N) is 1. The van der Waals surface area contributed by atoms with Crippen LogP contribution in [0.5, 0.6) is 5.75 Å². The molecule has 0 aliphatic rings. The summed E-state index contributed by atoms with van der Waals surface area (Å²) in [6, 6.07) is 12.0. The number of oxime groups is 1. The molecule has 157 valence electrons. The maximum absolute atomic E-state index is 12.3. The Morgan fingerprint density at radius 3 is 2.50 bits per heavy atom. The summed E-state index contributed by atoms with van der Waals surface area (Å²) in [4.78, 5) is 17.2. The van der Waals surface area contributed by atoms with Gasteiger partial charge in [-0.2, -0.15) is 23.8 Å². The topological polar surface area (TPSA) is 97.7 Å². The third-order valence-corrected chi connectivity index (χ3v) is 3.83. The second-order valence-electron chi connectivity index (χ2n) is 6.14. The van der Waals surface area contributed by atoms with Gasteiger partial charge in [-0.3, -0.25) is 0 Å². The molecule has 0 bridgehead atoms. The number of carbonyl (C=O) groups is 1. The maximum Gasteiger partial charge on any atom is 0.365 e. The van der Waals surface area contributed by atoms with Gasteiger partial charge in [0.15, 0.2) is 5.84 Å². The van der Waals surface area contributed by atoms with Crippen LogP contribution in [-0.2, 0) is 44.0 Å². The first-order valence-corrected chi connectivity index (χ1v) is 9.57. The molecule has 0 atom stereocenters. The minimum atomic E-state index is -0.714. The molecule has 0 saturated heterocycles. The van der Waals surface area contributed by atoms with Crippen molar-refractivity contribution in [2.75, 3.05) is 0 Å². The molecule has 1 radical (unpaired) electrons. The summed E-state index contributed by atoms with van der Waals surface area (Å²) in [7, 11) is 0. The molecule has 0 unspecified atom stereocenters. The molecule has 0 saturated carbocycles. The summed E-state index contributed by atoms with van der Waals surface area (Å²) in [6.45, 7) is 13.7. The van der Waals surface area contributed by atoms with Crippen molar-refractivity contribution in [3.05, 3.63) is 71.1 Å². The summed E-state index contributed by atoms with van der Waals surface area (Å²) in [5, 5.41) is 13.0. The summed E-state index contributed by atoms with van der Waals surface area (Å²) in [5.41, 5.74) is 8.86. The molecule has 2 aromatic carbocycles. The Morgan fingerprint density at radius 1 is 1.27 bits per heavy atom. The Balaban J connectivity index is 0.00000272. The standard InChI is InChI=1S/C21H22N3O3.C2H6.Y/c1-5-17-14(4)7-6-8-18(17)20(23)24-27-21(25)15-9-10-19(26-13(2)3)16(11-15)12-22;1-2;/h6-11,13H,4-5H2,1-3H3,(H2,23,24);1-2H3;/q-1;;. The molecule has 7 heteroatoms. The van der Waals surface area contributed by atoms with E-state index in [4.69, 9.17) is 15.3 Å². The number of nitriles is 1. The van der Waals surface area contributed by atoms with Gasteiger partial charge in [0.25, 0.3) is 0 Å². The fourth-order valence-corrected chi connectivity index (χ4v) is 2.59. The van der Waals surface area contributed by atoms with Gasteiger partial charge in [-0.1, -0.05) is 38.4 Å². The van der Waals surface area contributed by atoms with E-state index in [1.54, 1.807) is 12.1 Å². The number of rotatable bonds is 6. The summed E-state index contributed by atoms with van der Waals surface area (Å²) >= 11 is 0. The molecular formula is C23H28N3O3Y-. The van der Waals surface area contributed by atoms with Gasteiger partial charge >= 0.3 is 5.97 Å². The minimum absolute atomic E-state index is 0. The smallest absolute Gasteiger partial charge is 0.365 e. The van der Waals surface area contributed by atoms with Crippen LogP contribution in [0.15, 0.2) is 41.6 Å². The monoisotopic (exact) mass is 483 g/mol. The van der Waals surface area contributed by atoms with Crippen molar-refractivity contribution >= 4 is 11.8 Å². The molecule has 0 fully saturated rings. The van der Waals surface area contributed by atoms with Crippen molar-refractivity contribution in [2.24, 2.45) is 10.9 Å². The Kier molecular flexibility index (Phi) is 12.7. The quantitative estimate of drug-likeness (QED) is 0.213. The van der Waals surface area contributed by atoms with Gasteiger partial charge in [0.1, 0.15) is 11.8 Å². The van der Waals surface area contributed by atoms with Crippen LogP contribution in [0.1, 0.15) is 67.2 Å². The Hall–Kier alpha value is -2.36. The van der Waals surface area contributed by atoms with Gasteiger partial charge in [0.2, 0.25) is 0 Å². The fourth-order valence-electron chi connectivity index (χ4n) is 2.59. The Labute approximate surface area is 204 Å². The number of nitrogens with zero attached hydrogens (tertiary/aromatic N) is 2. The first-order chi connectivity index (χ1) is 13.9. The Bertz CT molecular complexity index is 918. The average Bonchev–Trinajstić information content (AvgIpc) is 2.72. The molecule has 6 nitrogen and oxygen atoms in total. The molecule has 30 heavy (non-hydrogen) atoms. The minimum Gasteiger partial charge on any atom is -0.490 e. The first kappa shape index (κ1) is 27.6. The normalized spacial score (nSPS) is 10.2. The van der Waals surface area contributed by atoms with Crippen molar-refractivity contribution in [3.63, 3.8) is 0 Å². The van der Waals surface area contributed by atoms with Crippen LogP contribution in [0.2, 0.25) is 0 Å². The zero-order valence-corrected chi connectivity index (χ0v) is 21.1. The van der Waals surface area contributed by atoms with E-state index in [1.165, 1.54) is 12.1 Å². The van der Waals surface area contributed by atoms with Crippen LogP contribution in [0.3, 0.4) is 0 Å². The number of carbonyl (C=O) groups excluding carboxylic acids is 1. The SMILES string of the molecule is CC.[CH2-]c1cccc(/C(N)=N/OC(=O)c2ccc(OC(C)C)c(C#N)c2)c1CC.[Y]. The van der Waals surface area contributed by atoms with Crippen LogP contribution in [0, 0.1) is 18.3 Å². The zero-order valence-electron chi connectivity index (χ0n) is 18.2. The number of amidine groups is 1. The van der Waals surface area contributed by atoms with Gasteiger partial charge in [-0.15, -0.1) is 11.6 Å². The van der Waals surface area contributed by atoms with E-state index in [0.29, 0.717) is 11.3 Å². The average molecular weight is 483 g/mol. The van der Waals surface area contributed by atoms with Gasteiger partial charge in [-0.25, -0.2) is 4.79 Å². The van der Waals surface area contributed by atoms with Crippen molar-refractivity contribution < 1.29 is 47.1 Å². The van der Waals surface area contributed by atoms with E-state index in [-0.39, 0.29) is 55.8 Å². The second kappa shape index (κ2) is 13.8. The van der Waals surface area contributed by atoms with Crippen LogP contribution in [0.4, 0.5) is 0 Å². The molecule has 2 aromatic rings. The van der Waals surface area contributed by atoms with Crippen LogP contribution in [0.25, 0.3) is 0 Å². The molecule has 0 amide bonds. The van der Waals surface area contributed by atoms with E-state index in [9.17, 15) is 10.1 Å². The third kappa shape index (κ3) is 7.48. The van der Waals surface area contributed by atoms with Gasteiger partial charge < -0.3 is 15.3 Å². The third-order valence-electron chi connectivity index (χ3n) is 3.83. The van der Waals surface area contributed by atoms with E-state index in [0.717, 1.165) is 17.5 Å². The number of ether oxygens (including phenoxy) is 1. The molecule has 0 heterocycles. The molecule has 2 N–H and O–H groups in total. The summed E-state index contributed by atoms with van der Waals surface area (Å²) in [6.07, 6.45) is 0.637. The number of hydrogen-bond acceptors (Lipinski definition) is 5. The van der Waals surface area contributed by atoms with Gasteiger partial charge in [-0.05, 0) is 37.6 Å². The van der Waals surface area contributed by atoms with Crippen LogP contribution >= 0.6 is 0 Å². The summed E-state index contributed by atoms with van der Waals surface area (Å²) in [5.74, 6) is -0.216. The zero-order chi connectivity index (χ0) is 22.0. The van der Waals surface area contributed by atoms with Gasteiger partial charge in [0.05, 0.1) is 17.2 Å². The van der Waals surface area contributed by atoms with Crippen LogP contribution in [-0.4, -0.2) is 17.9 Å². The molecule has 0 aliphatic carbocycles. The van der Waals surface area contributed by atoms with Crippen molar-refractivity contribution in [3.8, 4) is 11.8 Å². The van der Waals surface area contributed by atoms with E-state index in [1.807, 2.05) is 52.8 Å². The van der Waals surface area contributed by atoms with E-state index < -0.39 is 5.97 Å². The largest absolute Gasteiger partial charge is 0.490 e. The molecule has 2 rings (SSSR count). The summed E-state index contributed by atoms with van der Waals surface area (Å²) < 4.78 is 5.54. The van der Waals surface area contributed by atoms with E-state index in [2.05, 4.69) is 12.1 Å². The predicted molar refractivity (Wildman–Crippen MR) is 115 cm³/mol. The fraction of sp³-hybridized carbons (Fsp3) is 0.304. The Morgan fingerprint density at radius 2 is 1.93 bits per heavy atom. The molecule has 0 aromatic heterocycles. The molecular weight excluding hydrogens is 455 g/mol. The van der Waals surface area contributed by atoms with Crippen molar-refractivity contribution in [1.29, 1.82) is 5.26 Å². The van der Waals surface area contributed by atoms with Crippen LogP contribution < -0.4 is 10.5 Å². The molecule has 0 aliphatic heterocycles. The van der Waals surface area contributed by atoms with Gasteiger partial charge in [0, 0.05) is 32.7 Å². The number of hydrogen-bond donors (Lipinski definition) is 1. The predicted octanol–water partition coefficient (Wildman–Crippen LogP) is 4.59. The first-order valence-electron chi connectivity index (χ1n) is 9.57. The maximum atomic E-state index is 12.3.